The first kappa shape index (κ1) is 10.5. The zero-order valence-corrected chi connectivity index (χ0v) is 10.3. The third-order valence-corrected chi connectivity index (χ3v) is 3.67. The highest BCUT2D eigenvalue weighted by Gasteiger charge is 2.45. The standard InChI is InChI=1S/C16H12N2O/c1-2-6-12(7-3-1)14-17-13-8-4-5-9-16(13)10-11-19-15(16)18-14/h1-8,10-11H,9H2. The number of rotatable bonds is 1. The molecule has 2 aliphatic heterocycles. The van der Waals surface area contributed by atoms with Crippen LogP contribution in [-0.2, 0) is 4.74 Å². The minimum atomic E-state index is -0.271. The highest BCUT2D eigenvalue weighted by Crippen LogP contribution is 2.44. The van der Waals surface area contributed by atoms with E-state index in [1.165, 1.54) is 0 Å². The van der Waals surface area contributed by atoms with Crippen LogP contribution in [0, 0.1) is 5.41 Å². The maximum absolute atomic E-state index is 5.58. The molecule has 1 aliphatic carbocycles. The molecule has 3 aliphatic rings. The minimum absolute atomic E-state index is 0.271. The lowest BCUT2D eigenvalue weighted by Crippen LogP contribution is -2.33. The van der Waals surface area contributed by atoms with Gasteiger partial charge in [-0.25, -0.2) is 4.99 Å². The Kier molecular flexibility index (Phi) is 2.09. The number of ether oxygens (including phenoxy) is 1. The van der Waals surface area contributed by atoms with Crippen molar-refractivity contribution in [3.05, 3.63) is 72.2 Å². The van der Waals surface area contributed by atoms with Crippen molar-refractivity contribution in [1.82, 2.24) is 0 Å². The topological polar surface area (TPSA) is 34.0 Å². The summed E-state index contributed by atoms with van der Waals surface area (Å²) >= 11 is 0. The molecule has 0 amide bonds. The fraction of sp³-hybridized carbons (Fsp3) is 0.125. The summed E-state index contributed by atoms with van der Waals surface area (Å²) in [6, 6.07) is 9.99. The summed E-state index contributed by atoms with van der Waals surface area (Å²) < 4.78 is 5.58. The van der Waals surface area contributed by atoms with E-state index in [-0.39, 0.29) is 5.41 Å². The number of hydrogen-bond donors (Lipinski definition) is 0. The molecule has 92 valence electrons. The van der Waals surface area contributed by atoms with Gasteiger partial charge in [-0.15, -0.1) is 0 Å². The van der Waals surface area contributed by atoms with Crippen molar-refractivity contribution >= 4 is 11.7 Å². The zero-order valence-electron chi connectivity index (χ0n) is 10.3. The van der Waals surface area contributed by atoms with Crippen molar-refractivity contribution in [3.63, 3.8) is 0 Å². The van der Waals surface area contributed by atoms with Gasteiger partial charge in [0.25, 0.3) is 0 Å². The summed E-state index contributed by atoms with van der Waals surface area (Å²) in [6.07, 6.45) is 10.8. The first-order valence-corrected chi connectivity index (χ1v) is 6.33. The molecule has 0 radical (unpaired) electrons. The lowest BCUT2D eigenvalue weighted by molar-refractivity contribution is 0.443. The van der Waals surface area contributed by atoms with Crippen molar-refractivity contribution in [3.8, 4) is 0 Å². The molecule has 1 spiro atoms. The number of aliphatic imine (C=N–C) groups is 2. The molecule has 0 aromatic heterocycles. The Labute approximate surface area is 111 Å². The second kappa shape index (κ2) is 3.79. The maximum Gasteiger partial charge on any atom is 0.212 e. The molecule has 1 aromatic carbocycles. The van der Waals surface area contributed by atoms with Crippen LogP contribution in [0.3, 0.4) is 0 Å². The van der Waals surface area contributed by atoms with Crippen LogP contribution in [0.1, 0.15) is 12.0 Å². The zero-order chi connectivity index (χ0) is 12.7. The van der Waals surface area contributed by atoms with E-state index in [1.807, 2.05) is 48.6 Å². The Morgan fingerprint density at radius 2 is 2.00 bits per heavy atom. The number of benzene rings is 1. The fourth-order valence-electron chi connectivity index (χ4n) is 2.62. The summed E-state index contributed by atoms with van der Waals surface area (Å²) in [7, 11) is 0. The third-order valence-electron chi connectivity index (χ3n) is 3.67. The maximum atomic E-state index is 5.58. The van der Waals surface area contributed by atoms with Crippen LogP contribution < -0.4 is 0 Å². The van der Waals surface area contributed by atoms with Gasteiger partial charge in [-0.2, -0.15) is 4.99 Å². The van der Waals surface area contributed by atoms with Gasteiger partial charge in [0.1, 0.15) is 5.41 Å². The fourth-order valence-corrected chi connectivity index (χ4v) is 2.62. The van der Waals surface area contributed by atoms with E-state index < -0.39 is 0 Å². The predicted molar refractivity (Wildman–Crippen MR) is 74.9 cm³/mol. The highest BCUT2D eigenvalue weighted by molar-refractivity contribution is 6.11. The second-order valence-electron chi connectivity index (χ2n) is 4.79. The minimum Gasteiger partial charge on any atom is -0.449 e. The quantitative estimate of drug-likeness (QED) is 0.751. The summed E-state index contributed by atoms with van der Waals surface area (Å²) in [5, 5.41) is 0. The van der Waals surface area contributed by atoms with E-state index in [0.29, 0.717) is 0 Å². The van der Waals surface area contributed by atoms with Gasteiger partial charge in [0.05, 0.1) is 12.0 Å². The first-order valence-electron chi connectivity index (χ1n) is 6.33. The van der Waals surface area contributed by atoms with Gasteiger partial charge in [-0.3, -0.25) is 0 Å². The van der Waals surface area contributed by atoms with Crippen LogP contribution in [0.5, 0.6) is 0 Å². The largest absolute Gasteiger partial charge is 0.449 e. The van der Waals surface area contributed by atoms with E-state index in [4.69, 9.17) is 9.73 Å². The summed E-state index contributed by atoms with van der Waals surface area (Å²) in [4.78, 5) is 9.31. The van der Waals surface area contributed by atoms with Gasteiger partial charge in [0, 0.05) is 5.56 Å². The molecule has 1 unspecified atom stereocenters. The predicted octanol–water partition coefficient (Wildman–Crippen LogP) is 3.22. The van der Waals surface area contributed by atoms with Gasteiger partial charge in [-0.05, 0) is 18.6 Å². The summed E-state index contributed by atoms with van der Waals surface area (Å²) in [6.45, 7) is 0. The number of amidine groups is 1. The van der Waals surface area contributed by atoms with Gasteiger partial charge in [0.2, 0.25) is 5.90 Å². The Hall–Kier alpha value is -2.42. The molecule has 0 bridgehead atoms. The summed E-state index contributed by atoms with van der Waals surface area (Å²) in [5.41, 5.74) is 1.75. The molecule has 1 atom stereocenters. The first-order chi connectivity index (χ1) is 9.38. The average molecular weight is 248 g/mol. The molecule has 4 rings (SSSR count). The molecule has 2 heterocycles. The number of nitrogens with zero attached hydrogens (tertiary/aromatic N) is 2. The van der Waals surface area contributed by atoms with Crippen LogP contribution >= 0.6 is 0 Å². The van der Waals surface area contributed by atoms with E-state index >= 15 is 0 Å². The monoisotopic (exact) mass is 248 g/mol. The van der Waals surface area contributed by atoms with Gasteiger partial charge in [0.15, 0.2) is 5.84 Å². The van der Waals surface area contributed by atoms with E-state index in [0.717, 1.165) is 29.4 Å². The lowest BCUT2D eigenvalue weighted by Gasteiger charge is -2.30. The van der Waals surface area contributed by atoms with Gasteiger partial charge >= 0.3 is 0 Å². The molecular formula is C16H12N2O. The Bertz CT molecular complexity index is 680. The van der Waals surface area contributed by atoms with Crippen LogP contribution in [0.4, 0.5) is 0 Å². The molecule has 0 N–H and O–H groups in total. The molecule has 0 saturated heterocycles. The lowest BCUT2D eigenvalue weighted by atomic mass is 9.78. The molecule has 3 nitrogen and oxygen atoms in total. The Balaban J connectivity index is 1.87. The van der Waals surface area contributed by atoms with Gasteiger partial charge < -0.3 is 4.74 Å². The van der Waals surface area contributed by atoms with Crippen molar-refractivity contribution < 1.29 is 4.74 Å². The van der Waals surface area contributed by atoms with E-state index in [9.17, 15) is 0 Å². The van der Waals surface area contributed by atoms with E-state index in [2.05, 4.69) is 11.1 Å². The highest BCUT2D eigenvalue weighted by atomic mass is 16.5. The van der Waals surface area contributed by atoms with Crippen LogP contribution in [-0.4, -0.2) is 11.7 Å². The number of allylic oxidation sites excluding steroid dienone is 3. The van der Waals surface area contributed by atoms with Crippen molar-refractivity contribution in [2.45, 2.75) is 6.42 Å². The van der Waals surface area contributed by atoms with Crippen molar-refractivity contribution in [2.75, 3.05) is 0 Å². The second-order valence-corrected chi connectivity index (χ2v) is 4.79. The van der Waals surface area contributed by atoms with Crippen LogP contribution in [0.2, 0.25) is 0 Å². The molecule has 0 fully saturated rings. The Morgan fingerprint density at radius 3 is 2.89 bits per heavy atom. The molecule has 19 heavy (non-hydrogen) atoms. The smallest absolute Gasteiger partial charge is 0.212 e. The van der Waals surface area contributed by atoms with Gasteiger partial charge in [-0.1, -0.05) is 42.5 Å². The third kappa shape index (κ3) is 1.45. The molecule has 3 heteroatoms. The molecular weight excluding hydrogens is 236 g/mol. The number of hydrogen-bond acceptors (Lipinski definition) is 3. The Morgan fingerprint density at radius 1 is 1.11 bits per heavy atom. The normalized spacial score (nSPS) is 26.8. The van der Waals surface area contributed by atoms with Crippen LogP contribution in [0.15, 0.2) is 76.6 Å². The average Bonchev–Trinajstić information content (AvgIpc) is 2.88. The van der Waals surface area contributed by atoms with Crippen LogP contribution in [0.25, 0.3) is 0 Å². The van der Waals surface area contributed by atoms with E-state index in [1.54, 1.807) is 6.26 Å². The SMILES string of the molecule is C1=CCC23C=COC2=NC(c2ccccc2)=NC3=C1. The molecule has 0 saturated carbocycles. The van der Waals surface area contributed by atoms with Crippen molar-refractivity contribution in [1.29, 1.82) is 0 Å². The summed E-state index contributed by atoms with van der Waals surface area (Å²) in [5.74, 6) is 1.45. The van der Waals surface area contributed by atoms with Crippen molar-refractivity contribution in [2.24, 2.45) is 15.4 Å². The molecule has 1 aromatic rings.